The van der Waals surface area contributed by atoms with Crippen molar-refractivity contribution in [1.29, 1.82) is 0 Å². The molecule has 1 aromatic carbocycles. The minimum absolute atomic E-state index is 0.0516. The first-order chi connectivity index (χ1) is 6.70. The largest absolute Gasteiger partial charge is 0.492 e. The number of ether oxygens (including phenoxy) is 1. The van der Waals surface area contributed by atoms with Crippen LogP contribution in [0.2, 0.25) is 5.02 Å². The average molecular weight is 217 g/mol. The van der Waals surface area contributed by atoms with Crippen LogP contribution in [0.25, 0.3) is 0 Å². The van der Waals surface area contributed by atoms with Gasteiger partial charge in [-0.25, -0.2) is 4.39 Å². The zero-order valence-corrected chi connectivity index (χ0v) is 8.38. The third-order valence-electron chi connectivity index (χ3n) is 1.59. The Morgan fingerprint density at radius 3 is 2.93 bits per heavy atom. The van der Waals surface area contributed by atoms with Crippen molar-refractivity contribution in [3.63, 3.8) is 0 Å². The molecule has 0 bridgehead atoms. The van der Waals surface area contributed by atoms with E-state index in [9.17, 15) is 4.39 Å². The molecule has 0 atom stereocenters. The number of hydrogen-bond acceptors (Lipinski definition) is 3. The van der Waals surface area contributed by atoms with Crippen molar-refractivity contribution in [3.8, 4) is 5.75 Å². The first-order valence-electron chi connectivity index (χ1n) is 4.04. The fraction of sp³-hybridized carbons (Fsp3) is 0.222. The van der Waals surface area contributed by atoms with Crippen LogP contribution in [0.15, 0.2) is 17.2 Å². The Balaban J connectivity index is 3.12. The van der Waals surface area contributed by atoms with Crippen LogP contribution in [-0.4, -0.2) is 12.8 Å². The molecule has 0 fully saturated rings. The van der Waals surface area contributed by atoms with Gasteiger partial charge in [0.1, 0.15) is 10.8 Å². The highest BCUT2D eigenvalue weighted by molar-refractivity contribution is 6.32. The van der Waals surface area contributed by atoms with Crippen LogP contribution in [0.5, 0.6) is 5.75 Å². The Hall–Kier alpha value is -1.29. The summed E-state index contributed by atoms with van der Waals surface area (Å²) < 4.78 is 18.5. The number of nitrogens with zero attached hydrogens (tertiary/aromatic N) is 1. The number of nitrogens with two attached hydrogens (primary N) is 1. The van der Waals surface area contributed by atoms with Crippen LogP contribution in [0.1, 0.15) is 12.5 Å². The highest BCUT2D eigenvalue weighted by atomic mass is 35.5. The lowest BCUT2D eigenvalue weighted by atomic mass is 10.2. The molecule has 0 heterocycles. The van der Waals surface area contributed by atoms with Crippen molar-refractivity contribution in [2.24, 2.45) is 10.9 Å². The van der Waals surface area contributed by atoms with Gasteiger partial charge in [0.25, 0.3) is 0 Å². The molecule has 0 saturated carbocycles. The van der Waals surface area contributed by atoms with E-state index in [1.807, 2.05) is 0 Å². The lowest BCUT2D eigenvalue weighted by Gasteiger charge is -2.07. The van der Waals surface area contributed by atoms with Crippen LogP contribution in [0, 0.1) is 5.82 Å². The molecule has 3 nitrogen and oxygen atoms in total. The molecule has 2 N–H and O–H groups in total. The van der Waals surface area contributed by atoms with E-state index in [2.05, 4.69) is 5.10 Å². The summed E-state index contributed by atoms with van der Waals surface area (Å²) in [7, 11) is 0. The molecule has 5 heteroatoms. The molecule has 0 aliphatic carbocycles. The fourth-order valence-corrected chi connectivity index (χ4v) is 1.22. The summed E-state index contributed by atoms with van der Waals surface area (Å²) in [5.41, 5.74) is 0.237. The monoisotopic (exact) mass is 216 g/mol. The summed E-state index contributed by atoms with van der Waals surface area (Å²) in [5, 5.41) is 3.17. The van der Waals surface area contributed by atoms with Crippen molar-refractivity contribution in [1.82, 2.24) is 0 Å². The standard InChI is InChI=1S/C9H10ClFN2O/c1-2-14-7-4-3-6(5-13-12)9(11)8(7)10/h3-5H,2,12H2,1H3. The maximum atomic E-state index is 13.4. The molecular weight excluding hydrogens is 207 g/mol. The van der Waals surface area contributed by atoms with Gasteiger partial charge < -0.3 is 10.6 Å². The van der Waals surface area contributed by atoms with Gasteiger partial charge in [0.2, 0.25) is 0 Å². The second-order valence-electron chi connectivity index (χ2n) is 2.49. The molecular formula is C9H10ClFN2O. The van der Waals surface area contributed by atoms with E-state index >= 15 is 0 Å². The van der Waals surface area contributed by atoms with E-state index in [1.54, 1.807) is 13.0 Å². The third-order valence-corrected chi connectivity index (χ3v) is 1.94. The molecule has 14 heavy (non-hydrogen) atoms. The Morgan fingerprint density at radius 2 is 2.36 bits per heavy atom. The number of hydrazone groups is 1. The number of hydrogen-bond donors (Lipinski definition) is 1. The van der Waals surface area contributed by atoms with E-state index in [4.69, 9.17) is 22.2 Å². The summed E-state index contributed by atoms with van der Waals surface area (Å²) in [6, 6.07) is 3.08. The molecule has 0 amide bonds. The van der Waals surface area contributed by atoms with Gasteiger partial charge in [-0.2, -0.15) is 5.10 Å². The van der Waals surface area contributed by atoms with E-state index in [1.165, 1.54) is 12.3 Å². The smallest absolute Gasteiger partial charge is 0.154 e. The summed E-state index contributed by atoms with van der Waals surface area (Å²) in [5.74, 6) is 4.65. The molecule has 0 radical (unpaired) electrons. The maximum Gasteiger partial charge on any atom is 0.154 e. The van der Waals surface area contributed by atoms with Crippen molar-refractivity contribution in [2.75, 3.05) is 6.61 Å². The van der Waals surface area contributed by atoms with Crippen LogP contribution in [0.4, 0.5) is 4.39 Å². The van der Waals surface area contributed by atoms with Gasteiger partial charge in [0.05, 0.1) is 12.8 Å². The predicted octanol–water partition coefficient (Wildman–Crippen LogP) is 2.17. The van der Waals surface area contributed by atoms with Gasteiger partial charge in [-0.05, 0) is 19.1 Å². The highest BCUT2D eigenvalue weighted by Gasteiger charge is 2.10. The van der Waals surface area contributed by atoms with E-state index in [-0.39, 0.29) is 10.6 Å². The number of rotatable bonds is 3. The van der Waals surface area contributed by atoms with Crippen LogP contribution >= 0.6 is 11.6 Å². The van der Waals surface area contributed by atoms with Crippen molar-refractivity contribution < 1.29 is 9.13 Å². The Bertz CT molecular complexity index is 355. The minimum atomic E-state index is -0.577. The van der Waals surface area contributed by atoms with E-state index in [0.29, 0.717) is 12.4 Å². The van der Waals surface area contributed by atoms with Gasteiger partial charge >= 0.3 is 0 Å². The predicted molar refractivity (Wildman–Crippen MR) is 54.4 cm³/mol. The molecule has 0 unspecified atom stereocenters. The normalized spacial score (nSPS) is 10.8. The van der Waals surface area contributed by atoms with Crippen LogP contribution < -0.4 is 10.6 Å². The SMILES string of the molecule is CCOc1ccc(C=NN)c(F)c1Cl. The molecule has 1 aromatic rings. The third kappa shape index (κ3) is 2.14. The number of halogens is 2. The van der Waals surface area contributed by atoms with Gasteiger partial charge in [-0.1, -0.05) is 11.6 Å². The lowest BCUT2D eigenvalue weighted by molar-refractivity contribution is 0.338. The van der Waals surface area contributed by atoms with Crippen molar-refractivity contribution in [3.05, 3.63) is 28.5 Å². The Kier molecular flexibility index (Phi) is 3.71. The van der Waals surface area contributed by atoms with Gasteiger partial charge in [0.15, 0.2) is 5.82 Å². The van der Waals surface area contributed by atoms with Gasteiger partial charge in [-0.3, -0.25) is 0 Å². The highest BCUT2D eigenvalue weighted by Crippen LogP contribution is 2.28. The van der Waals surface area contributed by atoms with Gasteiger partial charge in [0, 0.05) is 5.56 Å². The van der Waals surface area contributed by atoms with Crippen molar-refractivity contribution >= 4 is 17.8 Å². The molecule has 0 aliphatic rings. The topological polar surface area (TPSA) is 47.6 Å². The van der Waals surface area contributed by atoms with E-state index in [0.717, 1.165) is 0 Å². The maximum absolute atomic E-state index is 13.4. The average Bonchev–Trinajstić information content (AvgIpc) is 2.18. The molecule has 76 valence electrons. The first kappa shape index (κ1) is 10.8. The van der Waals surface area contributed by atoms with Crippen molar-refractivity contribution in [2.45, 2.75) is 6.92 Å². The summed E-state index contributed by atoms with van der Waals surface area (Å²) in [4.78, 5) is 0. The second kappa shape index (κ2) is 4.81. The Labute approximate surface area is 86.3 Å². The summed E-state index contributed by atoms with van der Waals surface area (Å²) in [6.45, 7) is 2.23. The summed E-state index contributed by atoms with van der Waals surface area (Å²) in [6.07, 6.45) is 1.19. The zero-order chi connectivity index (χ0) is 10.6. The van der Waals surface area contributed by atoms with Gasteiger partial charge in [-0.15, -0.1) is 0 Å². The van der Waals surface area contributed by atoms with Crippen LogP contribution in [-0.2, 0) is 0 Å². The van der Waals surface area contributed by atoms with E-state index < -0.39 is 5.82 Å². The lowest BCUT2D eigenvalue weighted by Crippen LogP contribution is -1.97. The molecule has 0 saturated heterocycles. The Morgan fingerprint density at radius 1 is 1.64 bits per heavy atom. The quantitative estimate of drug-likeness (QED) is 0.478. The molecule has 1 rings (SSSR count). The minimum Gasteiger partial charge on any atom is -0.492 e. The molecule has 0 aliphatic heterocycles. The number of benzene rings is 1. The summed E-state index contributed by atoms with van der Waals surface area (Å²) >= 11 is 5.71. The molecule has 0 aromatic heterocycles. The second-order valence-corrected chi connectivity index (χ2v) is 2.87. The van der Waals surface area contributed by atoms with Crippen LogP contribution in [0.3, 0.4) is 0 Å². The first-order valence-corrected chi connectivity index (χ1v) is 4.42. The fourth-order valence-electron chi connectivity index (χ4n) is 0.994. The zero-order valence-electron chi connectivity index (χ0n) is 7.63. The molecule has 0 spiro atoms.